The maximum absolute atomic E-state index is 11.3. The Hall–Kier alpha value is -1.51. The van der Waals surface area contributed by atoms with E-state index >= 15 is 0 Å². The summed E-state index contributed by atoms with van der Waals surface area (Å²) in [5.41, 5.74) is 0.430. The highest BCUT2D eigenvalue weighted by molar-refractivity contribution is 5.60. The molecule has 0 spiro atoms. The normalized spacial score (nSPS) is 10.9. The first-order chi connectivity index (χ1) is 7.68. The van der Waals surface area contributed by atoms with Crippen molar-refractivity contribution in [3.8, 4) is 0 Å². The largest absolute Gasteiger partial charge is 0.508 e. The fourth-order valence-electron chi connectivity index (χ4n) is 1.80. The zero-order valence-electron chi connectivity index (χ0n) is 10.0. The first kappa shape index (κ1) is 12.6. The van der Waals surface area contributed by atoms with Crippen molar-refractivity contribution in [2.24, 2.45) is 0 Å². The smallest absolute Gasteiger partial charge is 0.438 e. The lowest BCUT2D eigenvalue weighted by Crippen LogP contribution is -2.31. The van der Waals surface area contributed by atoms with E-state index in [-0.39, 0.29) is 0 Å². The fourth-order valence-corrected chi connectivity index (χ4v) is 1.80. The van der Waals surface area contributed by atoms with E-state index in [0.717, 1.165) is 18.4 Å². The molecule has 0 aliphatic carbocycles. The second kappa shape index (κ2) is 5.54. The van der Waals surface area contributed by atoms with Gasteiger partial charge in [-0.2, -0.15) is 0 Å². The van der Waals surface area contributed by atoms with Gasteiger partial charge >= 0.3 is 6.16 Å². The van der Waals surface area contributed by atoms with Gasteiger partial charge in [0.15, 0.2) is 0 Å². The van der Waals surface area contributed by atoms with Crippen LogP contribution in [0.25, 0.3) is 0 Å². The third-order valence-electron chi connectivity index (χ3n) is 2.89. The average molecular weight is 222 g/mol. The zero-order chi connectivity index (χ0) is 12.0. The van der Waals surface area contributed by atoms with Crippen molar-refractivity contribution >= 4 is 6.16 Å². The Balaban J connectivity index is 3.01. The predicted molar refractivity (Wildman–Crippen MR) is 62.2 cm³/mol. The molecule has 0 heterocycles. The van der Waals surface area contributed by atoms with Crippen molar-refractivity contribution in [3.63, 3.8) is 0 Å². The molecule has 0 atom stereocenters. The molecular weight excluding hydrogens is 204 g/mol. The Bertz CT molecular complexity index is 328. The first-order valence-corrected chi connectivity index (χ1v) is 5.51. The minimum absolute atomic E-state index is 0.575. The molecule has 0 bridgehead atoms. The molecule has 88 valence electrons. The van der Waals surface area contributed by atoms with E-state index in [1.807, 2.05) is 44.2 Å². The summed E-state index contributed by atoms with van der Waals surface area (Å²) in [6, 6.07) is 9.76. The van der Waals surface area contributed by atoms with E-state index < -0.39 is 11.8 Å². The fraction of sp³-hybridized carbons (Fsp3) is 0.462. The number of benzene rings is 1. The Kier molecular flexibility index (Phi) is 4.35. The van der Waals surface area contributed by atoms with E-state index in [0.29, 0.717) is 0 Å². The number of ether oxygens (including phenoxy) is 2. The lowest BCUT2D eigenvalue weighted by Gasteiger charge is -2.31. The van der Waals surface area contributed by atoms with Crippen LogP contribution in [-0.2, 0) is 15.1 Å². The van der Waals surface area contributed by atoms with Crippen LogP contribution >= 0.6 is 0 Å². The van der Waals surface area contributed by atoms with Crippen molar-refractivity contribution in [2.45, 2.75) is 32.3 Å². The van der Waals surface area contributed by atoms with Crippen LogP contribution in [0.3, 0.4) is 0 Å². The lowest BCUT2D eigenvalue weighted by molar-refractivity contribution is -0.0367. The van der Waals surface area contributed by atoms with Gasteiger partial charge in [-0.05, 0) is 18.4 Å². The van der Waals surface area contributed by atoms with Crippen molar-refractivity contribution in [3.05, 3.63) is 35.9 Å². The molecule has 3 heteroatoms. The molecule has 0 radical (unpaired) electrons. The van der Waals surface area contributed by atoms with Gasteiger partial charge in [-0.3, -0.25) is 0 Å². The summed E-state index contributed by atoms with van der Waals surface area (Å²) >= 11 is 0. The predicted octanol–water partition coefficient (Wildman–Crippen LogP) is 3.48. The standard InChI is InChI=1S/C13H18O3/c1-4-13(5-2,16-12(14)15-3)11-9-7-6-8-10-11/h6-10H,4-5H2,1-3H3. The second-order valence-electron chi connectivity index (χ2n) is 3.62. The summed E-state index contributed by atoms with van der Waals surface area (Å²) in [5, 5.41) is 0. The molecule has 1 aromatic carbocycles. The molecule has 3 nitrogen and oxygen atoms in total. The van der Waals surface area contributed by atoms with Gasteiger partial charge in [-0.1, -0.05) is 44.2 Å². The highest BCUT2D eigenvalue weighted by Gasteiger charge is 2.33. The van der Waals surface area contributed by atoms with Gasteiger partial charge in [0.25, 0.3) is 0 Å². The van der Waals surface area contributed by atoms with Gasteiger partial charge in [-0.25, -0.2) is 4.79 Å². The van der Waals surface area contributed by atoms with Crippen LogP contribution in [0, 0.1) is 0 Å². The molecule has 0 saturated carbocycles. The number of carbonyl (C=O) groups is 1. The second-order valence-corrected chi connectivity index (χ2v) is 3.62. The molecule has 0 amide bonds. The van der Waals surface area contributed by atoms with Crippen molar-refractivity contribution in [2.75, 3.05) is 7.11 Å². The van der Waals surface area contributed by atoms with E-state index in [1.54, 1.807) is 0 Å². The molecular formula is C13H18O3. The third-order valence-corrected chi connectivity index (χ3v) is 2.89. The first-order valence-electron chi connectivity index (χ1n) is 5.51. The maximum atomic E-state index is 11.3. The van der Waals surface area contributed by atoms with E-state index in [4.69, 9.17) is 4.74 Å². The number of hydrogen-bond donors (Lipinski definition) is 0. The minimum Gasteiger partial charge on any atom is -0.438 e. The topological polar surface area (TPSA) is 35.5 Å². The van der Waals surface area contributed by atoms with Crippen LogP contribution in [0.2, 0.25) is 0 Å². The molecule has 0 aliphatic rings. The Labute approximate surface area is 96.4 Å². The van der Waals surface area contributed by atoms with Crippen LogP contribution in [0.4, 0.5) is 4.79 Å². The van der Waals surface area contributed by atoms with Crippen LogP contribution in [0.15, 0.2) is 30.3 Å². The highest BCUT2D eigenvalue weighted by Crippen LogP contribution is 2.33. The summed E-state index contributed by atoms with van der Waals surface area (Å²) in [6.07, 6.45) is 0.818. The average Bonchev–Trinajstić information content (AvgIpc) is 2.37. The summed E-state index contributed by atoms with van der Waals surface area (Å²) < 4.78 is 9.98. The molecule has 1 rings (SSSR count). The van der Waals surface area contributed by atoms with Crippen LogP contribution < -0.4 is 0 Å². The van der Waals surface area contributed by atoms with Gasteiger partial charge in [0.05, 0.1) is 7.11 Å². The van der Waals surface area contributed by atoms with E-state index in [9.17, 15) is 4.79 Å². The summed E-state index contributed by atoms with van der Waals surface area (Å²) in [4.78, 5) is 11.3. The molecule has 16 heavy (non-hydrogen) atoms. The number of rotatable bonds is 4. The van der Waals surface area contributed by atoms with Gasteiger partial charge in [0, 0.05) is 0 Å². The molecule has 0 unspecified atom stereocenters. The van der Waals surface area contributed by atoms with Crippen molar-refractivity contribution in [1.82, 2.24) is 0 Å². The molecule has 0 saturated heterocycles. The van der Waals surface area contributed by atoms with E-state index in [2.05, 4.69) is 4.74 Å². The van der Waals surface area contributed by atoms with Crippen LogP contribution in [0.5, 0.6) is 0 Å². The Morgan fingerprint density at radius 1 is 1.19 bits per heavy atom. The van der Waals surface area contributed by atoms with Crippen LogP contribution in [0.1, 0.15) is 32.3 Å². The summed E-state index contributed by atoms with van der Waals surface area (Å²) in [7, 11) is 1.32. The third kappa shape index (κ3) is 2.54. The summed E-state index contributed by atoms with van der Waals surface area (Å²) in [5.74, 6) is 0. The van der Waals surface area contributed by atoms with Gasteiger partial charge in [0.1, 0.15) is 5.60 Å². The number of hydrogen-bond acceptors (Lipinski definition) is 3. The zero-order valence-corrected chi connectivity index (χ0v) is 10.0. The molecule has 0 fully saturated rings. The van der Waals surface area contributed by atoms with E-state index in [1.165, 1.54) is 7.11 Å². The highest BCUT2D eigenvalue weighted by atomic mass is 16.7. The molecule has 0 aromatic heterocycles. The van der Waals surface area contributed by atoms with Crippen molar-refractivity contribution < 1.29 is 14.3 Å². The molecule has 0 aliphatic heterocycles. The lowest BCUT2D eigenvalue weighted by atomic mass is 9.88. The summed E-state index contributed by atoms with van der Waals surface area (Å²) in [6.45, 7) is 4.00. The Morgan fingerprint density at radius 3 is 2.19 bits per heavy atom. The maximum Gasteiger partial charge on any atom is 0.508 e. The number of carbonyl (C=O) groups excluding carboxylic acids is 1. The van der Waals surface area contributed by atoms with Gasteiger partial charge in [0.2, 0.25) is 0 Å². The quantitative estimate of drug-likeness (QED) is 0.731. The van der Waals surface area contributed by atoms with Gasteiger partial charge in [-0.15, -0.1) is 0 Å². The minimum atomic E-state index is -0.632. The Morgan fingerprint density at radius 2 is 1.75 bits per heavy atom. The van der Waals surface area contributed by atoms with Crippen molar-refractivity contribution in [1.29, 1.82) is 0 Å². The van der Waals surface area contributed by atoms with Gasteiger partial charge < -0.3 is 9.47 Å². The van der Waals surface area contributed by atoms with Crippen LogP contribution in [-0.4, -0.2) is 13.3 Å². The molecule has 1 aromatic rings. The monoisotopic (exact) mass is 222 g/mol. The SMILES string of the molecule is CCC(CC)(OC(=O)OC)c1ccccc1. The molecule has 0 N–H and O–H groups in total. The number of methoxy groups -OCH3 is 1.